The molecule has 0 saturated carbocycles. The lowest BCUT2D eigenvalue weighted by Gasteiger charge is -2.17. The molecular formula is C17H30NO7PSi. The molecule has 0 aliphatic rings. The molecule has 0 aromatic heterocycles. The summed E-state index contributed by atoms with van der Waals surface area (Å²) in [4.78, 5) is 10.8. The van der Waals surface area contributed by atoms with Gasteiger partial charge in [0.05, 0.1) is 24.3 Å². The van der Waals surface area contributed by atoms with Gasteiger partial charge in [0.15, 0.2) is 12.5 Å². The van der Waals surface area contributed by atoms with Crippen LogP contribution in [0.4, 0.5) is 5.69 Å². The predicted octanol–water partition coefficient (Wildman–Crippen LogP) is 5.05. The molecule has 0 amide bonds. The molecule has 0 aliphatic heterocycles. The molecular weight excluding hydrogens is 389 g/mol. The van der Waals surface area contributed by atoms with Crippen LogP contribution in [0.1, 0.15) is 19.4 Å². The zero-order valence-electron chi connectivity index (χ0n) is 16.7. The first-order valence-electron chi connectivity index (χ1n) is 8.96. The van der Waals surface area contributed by atoms with E-state index >= 15 is 0 Å². The summed E-state index contributed by atoms with van der Waals surface area (Å²) in [6.45, 7) is 11.1. The van der Waals surface area contributed by atoms with E-state index in [9.17, 15) is 14.7 Å². The van der Waals surface area contributed by atoms with E-state index in [0.29, 0.717) is 12.2 Å². The smallest absolute Gasteiger partial charge is 0.335 e. The van der Waals surface area contributed by atoms with Gasteiger partial charge in [-0.3, -0.25) is 14.7 Å². The zero-order valence-corrected chi connectivity index (χ0v) is 18.6. The highest BCUT2D eigenvalue weighted by molar-refractivity contribution is 7.53. The zero-order chi connectivity index (χ0) is 20.5. The molecule has 27 heavy (non-hydrogen) atoms. The largest absolute Gasteiger partial charge is 0.460 e. The Labute approximate surface area is 161 Å². The van der Waals surface area contributed by atoms with Crippen LogP contribution >= 0.6 is 7.60 Å². The van der Waals surface area contributed by atoms with Gasteiger partial charge < -0.3 is 18.5 Å². The van der Waals surface area contributed by atoms with Crippen molar-refractivity contribution in [1.82, 2.24) is 0 Å². The minimum absolute atomic E-state index is 0.0392. The van der Waals surface area contributed by atoms with Crippen LogP contribution in [-0.2, 0) is 24.5 Å². The third kappa shape index (κ3) is 8.99. The van der Waals surface area contributed by atoms with Gasteiger partial charge in [0.1, 0.15) is 0 Å². The number of nitro benzene ring substituents is 1. The molecule has 1 aromatic rings. The molecule has 0 aliphatic carbocycles. The summed E-state index contributed by atoms with van der Waals surface area (Å²) in [5.41, 5.74) is 0.278. The molecule has 154 valence electrons. The van der Waals surface area contributed by atoms with Crippen molar-refractivity contribution in [1.29, 1.82) is 0 Å². The van der Waals surface area contributed by atoms with Crippen molar-refractivity contribution in [3.05, 3.63) is 33.9 Å². The number of ether oxygens (including phenoxy) is 2. The van der Waals surface area contributed by atoms with E-state index < -0.39 is 20.6 Å². The molecule has 0 saturated heterocycles. The Bertz CT molecular complexity index is 653. The molecule has 0 atom stereocenters. The van der Waals surface area contributed by atoms with Crippen molar-refractivity contribution in [2.45, 2.75) is 45.7 Å². The van der Waals surface area contributed by atoms with E-state index in [1.165, 1.54) is 12.1 Å². The van der Waals surface area contributed by atoms with Crippen LogP contribution < -0.4 is 4.74 Å². The normalized spacial score (nSPS) is 12.2. The number of nitro groups is 1. The molecule has 8 nitrogen and oxygen atoms in total. The first-order valence-corrected chi connectivity index (χ1v) is 14.4. The second kappa shape index (κ2) is 10.9. The highest BCUT2D eigenvalue weighted by atomic mass is 31.2. The van der Waals surface area contributed by atoms with E-state index in [2.05, 4.69) is 19.6 Å². The maximum atomic E-state index is 12.6. The molecule has 10 heteroatoms. The summed E-state index contributed by atoms with van der Waals surface area (Å²) in [6.07, 6.45) is -0.0392. The van der Waals surface area contributed by atoms with Crippen molar-refractivity contribution in [3.8, 4) is 5.75 Å². The Hall–Kier alpha value is -1.25. The maximum absolute atomic E-state index is 12.6. The summed E-state index contributed by atoms with van der Waals surface area (Å²) in [5, 5.41) is 11.4. The van der Waals surface area contributed by atoms with Crippen molar-refractivity contribution >= 4 is 21.4 Å². The van der Waals surface area contributed by atoms with E-state index in [1.54, 1.807) is 19.9 Å². The van der Waals surface area contributed by atoms with Crippen molar-refractivity contribution < 1.29 is 28.0 Å². The number of hydrogen-bond donors (Lipinski definition) is 0. The van der Waals surface area contributed by atoms with Crippen LogP contribution in [0.3, 0.4) is 0 Å². The van der Waals surface area contributed by atoms with Crippen molar-refractivity contribution in [2.75, 3.05) is 26.6 Å². The molecule has 0 radical (unpaired) electrons. The van der Waals surface area contributed by atoms with E-state index in [-0.39, 0.29) is 37.6 Å². The molecule has 1 rings (SSSR count). The van der Waals surface area contributed by atoms with Gasteiger partial charge in [0.25, 0.3) is 0 Å². The standard InChI is InChI=1S/C17H30NO7PSi/c1-6-24-26(21,25-7-2)13-15-8-9-17(16(12-15)18(19)20)23-14-22-10-11-27(3,4)5/h8-9,12H,6-7,10-11,13-14H2,1-5H3. The Morgan fingerprint density at radius 1 is 1.15 bits per heavy atom. The van der Waals surface area contributed by atoms with Gasteiger partial charge in [0.2, 0.25) is 0 Å². The van der Waals surface area contributed by atoms with Gasteiger partial charge in [-0.2, -0.15) is 0 Å². The quantitative estimate of drug-likeness (QED) is 0.110. The second-order valence-corrected chi connectivity index (χ2v) is 14.8. The van der Waals surface area contributed by atoms with Crippen molar-refractivity contribution in [3.63, 3.8) is 0 Å². The predicted molar refractivity (Wildman–Crippen MR) is 107 cm³/mol. The Balaban J connectivity index is 2.79. The van der Waals surface area contributed by atoms with Crippen LogP contribution in [0.2, 0.25) is 25.7 Å². The lowest BCUT2D eigenvalue weighted by molar-refractivity contribution is -0.386. The number of hydrogen-bond acceptors (Lipinski definition) is 7. The van der Waals surface area contributed by atoms with Gasteiger partial charge in [-0.1, -0.05) is 25.7 Å². The molecule has 0 bridgehead atoms. The number of benzene rings is 1. The summed E-state index contributed by atoms with van der Waals surface area (Å²) >= 11 is 0. The minimum Gasteiger partial charge on any atom is -0.460 e. The van der Waals surface area contributed by atoms with Crippen molar-refractivity contribution in [2.24, 2.45) is 0 Å². The van der Waals surface area contributed by atoms with Crippen LogP contribution in [0.25, 0.3) is 0 Å². The molecule has 0 heterocycles. The Kier molecular flexibility index (Phi) is 9.62. The van der Waals surface area contributed by atoms with Gasteiger partial charge in [0, 0.05) is 20.7 Å². The fraction of sp³-hybridized carbons (Fsp3) is 0.647. The summed E-state index contributed by atoms with van der Waals surface area (Å²) in [5.74, 6) is 0.111. The van der Waals surface area contributed by atoms with E-state index in [1.807, 2.05) is 0 Å². The highest BCUT2D eigenvalue weighted by Gasteiger charge is 2.26. The highest BCUT2D eigenvalue weighted by Crippen LogP contribution is 2.51. The lowest BCUT2D eigenvalue weighted by atomic mass is 10.2. The molecule has 0 unspecified atom stereocenters. The fourth-order valence-electron chi connectivity index (χ4n) is 2.21. The maximum Gasteiger partial charge on any atom is 0.335 e. The van der Waals surface area contributed by atoms with Crippen LogP contribution in [0, 0.1) is 10.1 Å². The van der Waals surface area contributed by atoms with E-state index in [0.717, 1.165) is 6.04 Å². The number of nitrogens with zero attached hydrogens (tertiary/aromatic N) is 1. The Morgan fingerprint density at radius 2 is 1.78 bits per heavy atom. The lowest BCUT2D eigenvalue weighted by Crippen LogP contribution is -2.22. The minimum atomic E-state index is -3.34. The van der Waals surface area contributed by atoms with Gasteiger partial charge in [-0.05, 0) is 31.5 Å². The topological polar surface area (TPSA) is 97.1 Å². The van der Waals surface area contributed by atoms with Crippen LogP contribution in [0.15, 0.2) is 18.2 Å². The number of rotatable bonds is 13. The summed E-state index contributed by atoms with van der Waals surface area (Å²) in [6, 6.07) is 5.43. The average Bonchev–Trinajstić information content (AvgIpc) is 2.54. The SMILES string of the molecule is CCOP(=O)(Cc1ccc(OCOCC[Si](C)(C)C)c([N+](=O)[O-])c1)OCC. The molecule has 0 spiro atoms. The Morgan fingerprint density at radius 3 is 2.30 bits per heavy atom. The van der Waals surface area contributed by atoms with Crippen LogP contribution in [-0.4, -0.2) is 39.6 Å². The van der Waals surface area contributed by atoms with Crippen LogP contribution in [0.5, 0.6) is 5.75 Å². The van der Waals surface area contributed by atoms with E-state index in [4.69, 9.17) is 18.5 Å². The second-order valence-electron chi connectivity index (χ2n) is 7.14. The van der Waals surface area contributed by atoms with Gasteiger partial charge in [-0.15, -0.1) is 0 Å². The first-order chi connectivity index (χ1) is 12.6. The average molecular weight is 419 g/mol. The third-order valence-corrected chi connectivity index (χ3v) is 7.30. The molecule has 0 N–H and O–H groups in total. The first kappa shape index (κ1) is 23.8. The monoisotopic (exact) mass is 419 g/mol. The third-order valence-electron chi connectivity index (χ3n) is 3.54. The molecule has 1 aromatic carbocycles. The molecule has 0 fully saturated rings. The summed E-state index contributed by atoms with van der Waals surface area (Å²) in [7, 11) is -4.54. The summed E-state index contributed by atoms with van der Waals surface area (Å²) < 4.78 is 33.9. The van der Waals surface area contributed by atoms with Gasteiger partial charge in [-0.25, -0.2) is 0 Å². The van der Waals surface area contributed by atoms with Gasteiger partial charge >= 0.3 is 13.3 Å². The fourth-order valence-corrected chi connectivity index (χ4v) is 4.66.